The number of rotatable bonds is 9. The van der Waals surface area contributed by atoms with E-state index in [0.717, 1.165) is 18.4 Å². The first-order valence-electron chi connectivity index (χ1n) is 17.4. The SMILES string of the molecule is C/C(=C\C[C@H]1OC(C)(C)O[C@@H]([C@@H](C)[C@H]2OC(C)(C)OC[C@H]2C)[C@H]1C)[C@H](O)[C@@H](C)[C@H]1C[C@@H](C[C@H]2CCOC(C)(C)O2)OC(C)(C)O1. The summed E-state index contributed by atoms with van der Waals surface area (Å²) in [6, 6.07) is 0. The second kappa shape index (κ2) is 14.1. The van der Waals surface area contributed by atoms with Crippen molar-refractivity contribution in [3.8, 4) is 0 Å². The van der Waals surface area contributed by atoms with Crippen LogP contribution in [0.3, 0.4) is 0 Å². The standard InChI is InChI=1S/C36H64O9/c1-21(30(37)23(3)29-19-27(41-35(10,11)43-29)18-26-16-17-38-33(6,7)40-26)14-15-28-24(4)32(45-36(12,13)42-28)25(5)31-22(2)20-39-34(8,9)44-31/h14,22-32,37H,15-20H2,1-13H3/b21-14+/t22-,23+,24+,25+,26-,27-,28-,29-,30+,31+,32-/m1/s1. The van der Waals surface area contributed by atoms with E-state index in [0.29, 0.717) is 26.1 Å². The van der Waals surface area contributed by atoms with Crippen LogP contribution in [0.5, 0.6) is 0 Å². The highest BCUT2D eigenvalue weighted by molar-refractivity contribution is 5.09. The minimum atomic E-state index is -0.747. The second-order valence-corrected chi connectivity index (χ2v) is 16.2. The van der Waals surface area contributed by atoms with E-state index in [1.165, 1.54) is 0 Å². The van der Waals surface area contributed by atoms with E-state index in [1.54, 1.807) is 0 Å². The van der Waals surface area contributed by atoms with Crippen LogP contribution >= 0.6 is 0 Å². The van der Waals surface area contributed by atoms with Crippen LogP contribution in [0.15, 0.2) is 11.6 Å². The summed E-state index contributed by atoms with van der Waals surface area (Å²) in [5.41, 5.74) is 0.925. The molecule has 4 saturated heterocycles. The molecule has 0 aromatic heterocycles. The normalized spacial score (nSPS) is 40.4. The molecule has 4 aliphatic heterocycles. The van der Waals surface area contributed by atoms with Gasteiger partial charge in [0.15, 0.2) is 23.1 Å². The van der Waals surface area contributed by atoms with Crippen molar-refractivity contribution in [3.63, 3.8) is 0 Å². The van der Waals surface area contributed by atoms with E-state index in [-0.39, 0.29) is 60.3 Å². The van der Waals surface area contributed by atoms with Gasteiger partial charge in [-0.25, -0.2) is 0 Å². The number of ether oxygens (including phenoxy) is 8. The number of aliphatic hydroxyl groups is 1. The molecular weight excluding hydrogens is 576 g/mol. The first-order valence-corrected chi connectivity index (χ1v) is 17.4. The molecule has 9 nitrogen and oxygen atoms in total. The molecule has 9 heteroatoms. The van der Waals surface area contributed by atoms with Crippen LogP contribution in [-0.2, 0) is 37.9 Å². The molecule has 0 aliphatic carbocycles. The molecule has 0 bridgehead atoms. The Morgan fingerprint density at radius 1 is 0.778 bits per heavy atom. The van der Waals surface area contributed by atoms with E-state index in [9.17, 15) is 5.11 Å². The maximum absolute atomic E-state index is 11.5. The van der Waals surface area contributed by atoms with Gasteiger partial charge in [0.05, 0.1) is 55.9 Å². The smallest absolute Gasteiger partial charge is 0.163 e. The van der Waals surface area contributed by atoms with Crippen LogP contribution in [0.25, 0.3) is 0 Å². The molecule has 0 aromatic rings. The highest BCUT2D eigenvalue weighted by atomic mass is 16.7. The van der Waals surface area contributed by atoms with Gasteiger partial charge in [-0.2, -0.15) is 0 Å². The predicted octanol–water partition coefficient (Wildman–Crippen LogP) is 6.74. The zero-order chi connectivity index (χ0) is 33.5. The molecule has 0 radical (unpaired) electrons. The van der Waals surface area contributed by atoms with Gasteiger partial charge in [-0.15, -0.1) is 0 Å². The Labute approximate surface area is 273 Å². The largest absolute Gasteiger partial charge is 0.388 e. The molecule has 0 amide bonds. The van der Waals surface area contributed by atoms with Crippen molar-refractivity contribution in [3.05, 3.63) is 11.6 Å². The van der Waals surface area contributed by atoms with Crippen molar-refractivity contribution < 1.29 is 43.0 Å². The van der Waals surface area contributed by atoms with Crippen molar-refractivity contribution in [2.75, 3.05) is 13.2 Å². The van der Waals surface area contributed by atoms with Crippen LogP contribution in [0.2, 0.25) is 0 Å². The van der Waals surface area contributed by atoms with Crippen LogP contribution in [0, 0.1) is 23.7 Å². The molecule has 45 heavy (non-hydrogen) atoms. The van der Waals surface area contributed by atoms with E-state index < -0.39 is 29.3 Å². The fourth-order valence-electron chi connectivity index (χ4n) is 7.76. The zero-order valence-electron chi connectivity index (χ0n) is 30.4. The molecule has 1 N–H and O–H groups in total. The topological polar surface area (TPSA) is 94.1 Å². The molecule has 262 valence electrons. The van der Waals surface area contributed by atoms with Gasteiger partial charge in [-0.05, 0) is 80.7 Å². The number of hydrogen-bond donors (Lipinski definition) is 1. The minimum Gasteiger partial charge on any atom is -0.388 e. The Kier molecular flexibility index (Phi) is 11.6. The maximum Gasteiger partial charge on any atom is 0.163 e. The Bertz CT molecular complexity index is 1010. The molecule has 4 aliphatic rings. The summed E-state index contributed by atoms with van der Waals surface area (Å²) in [6.07, 6.45) is 4.30. The molecule has 4 heterocycles. The highest BCUT2D eigenvalue weighted by Gasteiger charge is 2.48. The summed E-state index contributed by atoms with van der Waals surface area (Å²) >= 11 is 0. The first-order chi connectivity index (χ1) is 20.7. The third-order valence-corrected chi connectivity index (χ3v) is 10.1. The van der Waals surface area contributed by atoms with Gasteiger partial charge in [0.2, 0.25) is 0 Å². The lowest BCUT2D eigenvalue weighted by Crippen LogP contribution is -2.57. The lowest BCUT2D eigenvalue weighted by atomic mass is 9.79. The molecule has 0 spiro atoms. The van der Waals surface area contributed by atoms with Crippen LogP contribution in [-0.4, -0.2) is 84.2 Å². The van der Waals surface area contributed by atoms with Crippen LogP contribution < -0.4 is 0 Å². The fourth-order valence-corrected chi connectivity index (χ4v) is 7.76. The molecule has 0 unspecified atom stereocenters. The third kappa shape index (κ3) is 9.73. The van der Waals surface area contributed by atoms with Gasteiger partial charge >= 0.3 is 0 Å². The van der Waals surface area contributed by atoms with E-state index in [1.807, 2.05) is 62.3 Å². The molecule has 11 atom stereocenters. The molecule has 4 fully saturated rings. The lowest BCUT2D eigenvalue weighted by molar-refractivity contribution is -0.348. The van der Waals surface area contributed by atoms with Crippen LogP contribution in [0.4, 0.5) is 0 Å². The molecule has 0 saturated carbocycles. The van der Waals surface area contributed by atoms with Crippen molar-refractivity contribution in [2.24, 2.45) is 23.7 Å². The first kappa shape index (κ1) is 37.2. The highest BCUT2D eigenvalue weighted by Crippen LogP contribution is 2.41. The van der Waals surface area contributed by atoms with Crippen molar-refractivity contribution in [1.29, 1.82) is 0 Å². The van der Waals surface area contributed by atoms with Gasteiger partial charge in [-0.3, -0.25) is 0 Å². The van der Waals surface area contributed by atoms with E-state index in [2.05, 4.69) is 33.8 Å². The number of hydrogen-bond acceptors (Lipinski definition) is 9. The zero-order valence-corrected chi connectivity index (χ0v) is 30.4. The van der Waals surface area contributed by atoms with Gasteiger partial charge in [0.25, 0.3) is 0 Å². The molecular formula is C36H64O9. The van der Waals surface area contributed by atoms with Crippen molar-refractivity contribution >= 4 is 0 Å². The predicted molar refractivity (Wildman–Crippen MR) is 172 cm³/mol. The summed E-state index contributed by atoms with van der Waals surface area (Å²) < 4.78 is 50.0. The Morgan fingerprint density at radius 3 is 2.04 bits per heavy atom. The van der Waals surface area contributed by atoms with E-state index in [4.69, 9.17) is 37.9 Å². The Morgan fingerprint density at radius 2 is 1.38 bits per heavy atom. The van der Waals surface area contributed by atoms with Crippen molar-refractivity contribution in [2.45, 2.75) is 182 Å². The van der Waals surface area contributed by atoms with Gasteiger partial charge < -0.3 is 43.0 Å². The molecule has 0 aromatic carbocycles. The monoisotopic (exact) mass is 640 g/mol. The minimum absolute atomic E-state index is 0.0211. The summed E-state index contributed by atoms with van der Waals surface area (Å²) in [7, 11) is 0. The Hall–Kier alpha value is -0.620. The average Bonchev–Trinajstić information content (AvgIpc) is 2.91. The molecule has 4 rings (SSSR count). The van der Waals surface area contributed by atoms with Crippen LogP contribution in [0.1, 0.15) is 116 Å². The quantitative estimate of drug-likeness (QED) is 0.275. The summed E-state index contributed by atoms with van der Waals surface area (Å²) in [5, 5.41) is 11.5. The average molecular weight is 641 g/mol. The maximum atomic E-state index is 11.5. The Balaban J connectivity index is 1.39. The summed E-state index contributed by atoms with van der Waals surface area (Å²) in [4.78, 5) is 0. The fraction of sp³-hybridized carbons (Fsp3) is 0.944. The van der Waals surface area contributed by atoms with Gasteiger partial charge in [-0.1, -0.05) is 33.8 Å². The summed E-state index contributed by atoms with van der Waals surface area (Å²) in [5.74, 6) is -2.24. The number of aliphatic hydroxyl groups excluding tert-OH is 1. The van der Waals surface area contributed by atoms with E-state index >= 15 is 0 Å². The van der Waals surface area contributed by atoms with Gasteiger partial charge in [0.1, 0.15) is 0 Å². The summed E-state index contributed by atoms with van der Waals surface area (Å²) in [6.45, 7) is 27.8. The third-order valence-electron chi connectivity index (χ3n) is 10.1. The lowest BCUT2D eigenvalue weighted by Gasteiger charge is -2.50. The van der Waals surface area contributed by atoms with Gasteiger partial charge in [0, 0.05) is 36.5 Å². The van der Waals surface area contributed by atoms with Crippen molar-refractivity contribution in [1.82, 2.24) is 0 Å². The second-order valence-electron chi connectivity index (χ2n) is 16.2.